The molecule has 1 aliphatic rings. The highest BCUT2D eigenvalue weighted by Crippen LogP contribution is 2.35. The molecule has 0 aromatic carbocycles. The first kappa shape index (κ1) is 12.0. The smallest absolute Gasteiger partial charge is 0.0736 e. The fourth-order valence-electron chi connectivity index (χ4n) is 2.67. The molecule has 0 amide bonds. The number of rotatable bonds is 3. The van der Waals surface area contributed by atoms with Gasteiger partial charge in [0.25, 0.3) is 0 Å². The van der Waals surface area contributed by atoms with Crippen LogP contribution in [0.3, 0.4) is 0 Å². The van der Waals surface area contributed by atoms with Gasteiger partial charge in [0, 0.05) is 12.8 Å². The molecule has 0 aliphatic carbocycles. The van der Waals surface area contributed by atoms with E-state index in [4.69, 9.17) is 10.5 Å². The highest BCUT2D eigenvalue weighted by atomic mass is 16.5. The van der Waals surface area contributed by atoms with E-state index < -0.39 is 5.60 Å². The van der Waals surface area contributed by atoms with Gasteiger partial charge in [-0.15, -0.1) is 0 Å². The van der Waals surface area contributed by atoms with E-state index in [1.807, 2.05) is 13.8 Å². The van der Waals surface area contributed by atoms with Gasteiger partial charge in [0.2, 0.25) is 0 Å². The lowest BCUT2D eigenvalue weighted by atomic mass is 9.76. The second-order valence-electron chi connectivity index (χ2n) is 4.61. The lowest BCUT2D eigenvalue weighted by molar-refractivity contribution is -0.154. The minimum atomic E-state index is -0.611. The highest BCUT2D eigenvalue weighted by molar-refractivity contribution is 4.92. The first-order valence-corrected chi connectivity index (χ1v) is 5.59. The Labute approximate surface area is 86.6 Å². The van der Waals surface area contributed by atoms with E-state index in [1.54, 1.807) is 0 Å². The quantitative estimate of drug-likeness (QED) is 0.723. The Hall–Kier alpha value is -0.120. The van der Waals surface area contributed by atoms with Crippen molar-refractivity contribution in [2.24, 2.45) is 11.7 Å². The van der Waals surface area contributed by atoms with Crippen LogP contribution >= 0.6 is 0 Å². The molecule has 3 N–H and O–H groups in total. The molecule has 0 aromatic rings. The van der Waals surface area contributed by atoms with Crippen LogP contribution in [-0.4, -0.2) is 29.5 Å². The summed E-state index contributed by atoms with van der Waals surface area (Å²) in [5, 5.41) is 10.5. The summed E-state index contributed by atoms with van der Waals surface area (Å²) in [7, 11) is 0. The summed E-state index contributed by atoms with van der Waals surface area (Å²) in [6, 6.07) is 0. The average Bonchev–Trinajstić information content (AvgIpc) is 2.02. The molecule has 3 nitrogen and oxygen atoms in total. The van der Waals surface area contributed by atoms with Crippen LogP contribution in [0, 0.1) is 5.92 Å². The van der Waals surface area contributed by atoms with E-state index >= 15 is 0 Å². The first-order valence-electron chi connectivity index (χ1n) is 5.59. The van der Waals surface area contributed by atoms with Gasteiger partial charge in [-0.05, 0) is 32.7 Å². The minimum Gasteiger partial charge on any atom is -0.389 e. The van der Waals surface area contributed by atoms with Crippen molar-refractivity contribution in [1.82, 2.24) is 0 Å². The van der Waals surface area contributed by atoms with Crippen LogP contribution < -0.4 is 5.73 Å². The third kappa shape index (κ3) is 2.47. The fraction of sp³-hybridized carbons (Fsp3) is 1.00. The van der Waals surface area contributed by atoms with E-state index in [2.05, 4.69) is 6.92 Å². The van der Waals surface area contributed by atoms with Crippen LogP contribution in [0.4, 0.5) is 0 Å². The Kier molecular flexibility index (Phi) is 3.93. The van der Waals surface area contributed by atoms with Gasteiger partial charge >= 0.3 is 0 Å². The summed E-state index contributed by atoms with van der Waals surface area (Å²) in [6.07, 6.45) is 2.65. The summed E-state index contributed by atoms with van der Waals surface area (Å²) in [6.45, 7) is 6.68. The highest BCUT2D eigenvalue weighted by Gasteiger charge is 2.41. The zero-order valence-electron chi connectivity index (χ0n) is 9.49. The molecule has 3 heteroatoms. The third-order valence-electron chi connectivity index (χ3n) is 3.28. The number of ether oxygens (including phenoxy) is 1. The number of aliphatic hydroxyl groups is 1. The summed E-state index contributed by atoms with van der Waals surface area (Å²) in [5.74, 6) is 0.205. The maximum Gasteiger partial charge on any atom is 0.0736 e. The van der Waals surface area contributed by atoms with Gasteiger partial charge in [0.15, 0.2) is 0 Å². The summed E-state index contributed by atoms with van der Waals surface area (Å²) < 4.78 is 5.62. The van der Waals surface area contributed by atoms with Crippen LogP contribution in [0.1, 0.15) is 40.0 Å². The second-order valence-corrected chi connectivity index (χ2v) is 4.61. The largest absolute Gasteiger partial charge is 0.389 e. The standard InChI is InChI=1S/C11H23NO2/c1-4-10(7-12)11(13)5-8(2)14-9(3)6-11/h8-10,13H,4-7,12H2,1-3H3. The maximum absolute atomic E-state index is 10.5. The molecular formula is C11H23NO2. The Balaban J connectivity index is 2.70. The zero-order chi connectivity index (χ0) is 10.8. The average molecular weight is 201 g/mol. The number of nitrogens with two attached hydrogens (primary N) is 1. The molecule has 0 saturated carbocycles. The maximum atomic E-state index is 10.5. The Morgan fingerprint density at radius 2 is 1.93 bits per heavy atom. The summed E-state index contributed by atoms with van der Waals surface area (Å²) in [5.41, 5.74) is 5.08. The van der Waals surface area contributed by atoms with Crippen LogP contribution in [0.25, 0.3) is 0 Å². The molecular weight excluding hydrogens is 178 g/mol. The van der Waals surface area contributed by atoms with E-state index in [-0.39, 0.29) is 18.1 Å². The van der Waals surface area contributed by atoms with E-state index in [9.17, 15) is 5.11 Å². The van der Waals surface area contributed by atoms with Gasteiger partial charge in [-0.2, -0.15) is 0 Å². The monoisotopic (exact) mass is 201 g/mol. The van der Waals surface area contributed by atoms with Crippen molar-refractivity contribution in [1.29, 1.82) is 0 Å². The lowest BCUT2D eigenvalue weighted by Gasteiger charge is -2.43. The van der Waals surface area contributed by atoms with Crippen molar-refractivity contribution < 1.29 is 9.84 Å². The molecule has 1 aliphatic heterocycles. The van der Waals surface area contributed by atoms with Gasteiger partial charge < -0.3 is 15.6 Å². The van der Waals surface area contributed by atoms with E-state index in [1.165, 1.54) is 0 Å². The molecule has 0 spiro atoms. The lowest BCUT2D eigenvalue weighted by Crippen LogP contribution is -2.50. The summed E-state index contributed by atoms with van der Waals surface area (Å²) in [4.78, 5) is 0. The van der Waals surface area contributed by atoms with Crippen LogP contribution in [0.5, 0.6) is 0 Å². The third-order valence-corrected chi connectivity index (χ3v) is 3.28. The van der Waals surface area contributed by atoms with Crippen molar-refractivity contribution in [2.45, 2.75) is 57.8 Å². The predicted molar refractivity (Wildman–Crippen MR) is 57.0 cm³/mol. The van der Waals surface area contributed by atoms with Crippen molar-refractivity contribution in [3.05, 3.63) is 0 Å². The summed E-state index contributed by atoms with van der Waals surface area (Å²) >= 11 is 0. The van der Waals surface area contributed by atoms with Crippen LogP contribution in [0.15, 0.2) is 0 Å². The molecule has 0 aromatic heterocycles. The van der Waals surface area contributed by atoms with Gasteiger partial charge in [-0.25, -0.2) is 0 Å². The molecule has 0 bridgehead atoms. The second kappa shape index (κ2) is 4.60. The molecule has 0 radical (unpaired) electrons. The van der Waals surface area contributed by atoms with Gasteiger partial charge in [-0.3, -0.25) is 0 Å². The van der Waals surface area contributed by atoms with E-state index in [0.29, 0.717) is 19.4 Å². The van der Waals surface area contributed by atoms with Gasteiger partial charge in [0.05, 0.1) is 17.8 Å². The first-order chi connectivity index (χ1) is 6.51. The van der Waals surface area contributed by atoms with Crippen molar-refractivity contribution in [3.63, 3.8) is 0 Å². The predicted octanol–water partition coefficient (Wildman–Crippen LogP) is 1.29. The Morgan fingerprint density at radius 1 is 1.43 bits per heavy atom. The van der Waals surface area contributed by atoms with Crippen LogP contribution in [0.2, 0.25) is 0 Å². The molecule has 14 heavy (non-hydrogen) atoms. The minimum absolute atomic E-state index is 0.143. The van der Waals surface area contributed by atoms with Crippen molar-refractivity contribution in [2.75, 3.05) is 6.54 Å². The topological polar surface area (TPSA) is 55.5 Å². The van der Waals surface area contributed by atoms with Crippen molar-refractivity contribution in [3.8, 4) is 0 Å². The molecule has 3 unspecified atom stereocenters. The molecule has 3 atom stereocenters. The zero-order valence-corrected chi connectivity index (χ0v) is 9.49. The van der Waals surface area contributed by atoms with Crippen molar-refractivity contribution >= 4 is 0 Å². The normalized spacial score (nSPS) is 40.9. The van der Waals surface area contributed by atoms with Crippen LogP contribution in [-0.2, 0) is 4.74 Å². The molecule has 1 rings (SSSR count). The van der Waals surface area contributed by atoms with E-state index in [0.717, 1.165) is 6.42 Å². The Morgan fingerprint density at radius 3 is 2.29 bits per heavy atom. The fourth-order valence-corrected chi connectivity index (χ4v) is 2.67. The number of hydrogen-bond acceptors (Lipinski definition) is 3. The molecule has 1 saturated heterocycles. The molecule has 1 fully saturated rings. The molecule has 1 heterocycles. The van der Waals surface area contributed by atoms with Gasteiger partial charge in [-0.1, -0.05) is 6.92 Å². The van der Waals surface area contributed by atoms with Gasteiger partial charge in [0.1, 0.15) is 0 Å². The molecule has 84 valence electrons. The Bertz CT molecular complexity index is 170. The number of hydrogen-bond donors (Lipinski definition) is 2. The SMILES string of the molecule is CCC(CN)C1(O)CC(C)OC(C)C1.